The molecule has 1 aromatic rings. The molecule has 0 radical (unpaired) electrons. The summed E-state index contributed by atoms with van der Waals surface area (Å²) in [6.07, 6.45) is 2.09. The average molecular weight is 267 g/mol. The first-order chi connectivity index (χ1) is 9.19. The summed E-state index contributed by atoms with van der Waals surface area (Å²) < 4.78 is 15.4. The second kappa shape index (κ2) is 8.37. The number of hydrogen-bond donors (Lipinski definition) is 1. The summed E-state index contributed by atoms with van der Waals surface area (Å²) in [5.74, 6) is 0.107. The first-order valence-corrected chi connectivity index (χ1v) is 6.37. The summed E-state index contributed by atoms with van der Waals surface area (Å²) in [6.45, 7) is 3.40. The summed E-state index contributed by atoms with van der Waals surface area (Å²) in [4.78, 5) is 11.8. The fraction of sp³-hybridized carbons (Fsp3) is 0.500. The van der Waals surface area contributed by atoms with E-state index >= 15 is 0 Å². The fourth-order valence-electron chi connectivity index (χ4n) is 1.46. The number of carbonyl (C=O) groups excluding carboxylic acids is 1. The minimum absolute atomic E-state index is 0.221. The molecule has 0 aliphatic heterocycles. The molecule has 1 rings (SSSR count). The van der Waals surface area contributed by atoms with Crippen molar-refractivity contribution in [2.24, 2.45) is 0 Å². The van der Waals surface area contributed by atoms with Gasteiger partial charge in [0.05, 0.1) is 19.3 Å². The highest BCUT2D eigenvalue weighted by atomic mass is 16.6. The van der Waals surface area contributed by atoms with Crippen LogP contribution in [0.3, 0.4) is 0 Å². The van der Waals surface area contributed by atoms with Gasteiger partial charge in [-0.25, -0.2) is 4.79 Å². The molecule has 0 fully saturated rings. The maximum absolute atomic E-state index is 11.8. The van der Waals surface area contributed by atoms with E-state index in [0.717, 1.165) is 12.8 Å². The minimum atomic E-state index is -0.463. The molecule has 5 heteroatoms. The van der Waals surface area contributed by atoms with Gasteiger partial charge in [0.25, 0.3) is 0 Å². The van der Waals surface area contributed by atoms with E-state index in [1.54, 1.807) is 18.2 Å². The zero-order valence-electron chi connectivity index (χ0n) is 11.5. The number of ether oxygens (including phenoxy) is 3. The Labute approximate surface area is 113 Å². The van der Waals surface area contributed by atoms with Gasteiger partial charge in [-0.2, -0.15) is 0 Å². The Hall–Kier alpha value is -1.75. The van der Waals surface area contributed by atoms with Crippen LogP contribution in [0.2, 0.25) is 0 Å². The van der Waals surface area contributed by atoms with Gasteiger partial charge in [0.1, 0.15) is 12.4 Å². The van der Waals surface area contributed by atoms with E-state index in [0.29, 0.717) is 30.2 Å². The standard InChI is InChI=1S/C14H21NO4/c1-3-4-7-18-8-9-19-14(16)12-10-11(17-2)5-6-13(12)15/h5-6,10H,3-4,7-9,15H2,1-2H3. The number of methoxy groups -OCH3 is 1. The lowest BCUT2D eigenvalue weighted by molar-refractivity contribution is 0.0314. The van der Waals surface area contributed by atoms with Crippen molar-refractivity contribution in [2.75, 3.05) is 32.7 Å². The lowest BCUT2D eigenvalue weighted by atomic mass is 10.2. The Balaban J connectivity index is 2.40. The lowest BCUT2D eigenvalue weighted by Crippen LogP contribution is -2.13. The molecule has 0 bridgehead atoms. The third-order valence-electron chi connectivity index (χ3n) is 2.58. The zero-order chi connectivity index (χ0) is 14.1. The van der Waals surface area contributed by atoms with Gasteiger partial charge < -0.3 is 19.9 Å². The van der Waals surface area contributed by atoms with Crippen LogP contribution in [-0.2, 0) is 9.47 Å². The monoisotopic (exact) mass is 267 g/mol. The number of rotatable bonds is 8. The van der Waals surface area contributed by atoms with E-state index in [4.69, 9.17) is 19.9 Å². The maximum Gasteiger partial charge on any atom is 0.340 e. The van der Waals surface area contributed by atoms with Crippen molar-refractivity contribution in [2.45, 2.75) is 19.8 Å². The molecule has 0 heterocycles. The fourth-order valence-corrected chi connectivity index (χ4v) is 1.46. The van der Waals surface area contributed by atoms with Crippen molar-refractivity contribution < 1.29 is 19.0 Å². The first-order valence-electron chi connectivity index (χ1n) is 6.37. The molecule has 2 N–H and O–H groups in total. The van der Waals surface area contributed by atoms with Crippen LogP contribution in [0.5, 0.6) is 5.75 Å². The summed E-state index contributed by atoms with van der Waals surface area (Å²) in [5.41, 5.74) is 6.41. The number of nitrogen functional groups attached to an aromatic ring is 1. The molecule has 106 valence electrons. The molecule has 0 aromatic heterocycles. The van der Waals surface area contributed by atoms with E-state index < -0.39 is 5.97 Å². The molecule has 0 aliphatic carbocycles. The number of anilines is 1. The van der Waals surface area contributed by atoms with Crippen molar-refractivity contribution in [1.29, 1.82) is 0 Å². The van der Waals surface area contributed by atoms with Gasteiger partial charge in [-0.3, -0.25) is 0 Å². The third kappa shape index (κ3) is 5.18. The van der Waals surface area contributed by atoms with Crippen molar-refractivity contribution >= 4 is 11.7 Å². The number of benzene rings is 1. The molecular weight excluding hydrogens is 246 g/mol. The van der Waals surface area contributed by atoms with Gasteiger partial charge in [-0.05, 0) is 24.6 Å². The molecule has 0 saturated carbocycles. The maximum atomic E-state index is 11.8. The minimum Gasteiger partial charge on any atom is -0.497 e. The molecule has 1 aromatic carbocycles. The summed E-state index contributed by atoms with van der Waals surface area (Å²) in [6, 6.07) is 4.88. The van der Waals surface area contributed by atoms with E-state index in [1.165, 1.54) is 7.11 Å². The largest absolute Gasteiger partial charge is 0.497 e. The van der Waals surface area contributed by atoms with Crippen LogP contribution >= 0.6 is 0 Å². The van der Waals surface area contributed by atoms with Crippen LogP contribution in [0, 0.1) is 0 Å². The topological polar surface area (TPSA) is 70.8 Å². The van der Waals surface area contributed by atoms with Crippen LogP contribution in [0.4, 0.5) is 5.69 Å². The Morgan fingerprint density at radius 1 is 1.26 bits per heavy atom. The number of carbonyl (C=O) groups is 1. The Kier molecular flexibility index (Phi) is 6.74. The predicted molar refractivity (Wildman–Crippen MR) is 73.4 cm³/mol. The number of esters is 1. The Bertz CT molecular complexity index is 406. The second-order valence-corrected chi connectivity index (χ2v) is 4.06. The highest BCUT2D eigenvalue weighted by Gasteiger charge is 2.12. The number of nitrogens with two attached hydrogens (primary N) is 1. The second-order valence-electron chi connectivity index (χ2n) is 4.06. The van der Waals surface area contributed by atoms with Crippen LogP contribution in [-0.4, -0.2) is 32.9 Å². The first kappa shape index (κ1) is 15.3. The molecule has 0 saturated heterocycles. The normalized spacial score (nSPS) is 10.2. The van der Waals surface area contributed by atoms with E-state index in [2.05, 4.69) is 6.92 Å². The van der Waals surface area contributed by atoms with Crippen LogP contribution in [0.25, 0.3) is 0 Å². The smallest absolute Gasteiger partial charge is 0.340 e. The van der Waals surface area contributed by atoms with Gasteiger partial charge in [0.2, 0.25) is 0 Å². The quantitative estimate of drug-likeness (QED) is 0.444. The average Bonchev–Trinajstić information content (AvgIpc) is 2.43. The highest BCUT2D eigenvalue weighted by molar-refractivity contribution is 5.95. The molecule has 5 nitrogen and oxygen atoms in total. The third-order valence-corrected chi connectivity index (χ3v) is 2.58. The Morgan fingerprint density at radius 3 is 2.74 bits per heavy atom. The zero-order valence-corrected chi connectivity index (χ0v) is 11.5. The van der Waals surface area contributed by atoms with Gasteiger partial charge >= 0.3 is 5.97 Å². The van der Waals surface area contributed by atoms with Crippen LogP contribution < -0.4 is 10.5 Å². The summed E-state index contributed by atoms with van der Waals surface area (Å²) in [7, 11) is 1.53. The highest BCUT2D eigenvalue weighted by Crippen LogP contribution is 2.20. The molecule has 0 amide bonds. The van der Waals surface area contributed by atoms with Crippen LogP contribution in [0.15, 0.2) is 18.2 Å². The van der Waals surface area contributed by atoms with Crippen molar-refractivity contribution in [3.05, 3.63) is 23.8 Å². The van der Waals surface area contributed by atoms with Gasteiger partial charge in [-0.15, -0.1) is 0 Å². The molecule has 0 unspecified atom stereocenters. The molecule has 0 atom stereocenters. The van der Waals surface area contributed by atoms with E-state index in [-0.39, 0.29) is 6.61 Å². The van der Waals surface area contributed by atoms with E-state index in [1.807, 2.05) is 0 Å². The summed E-state index contributed by atoms with van der Waals surface area (Å²) in [5, 5.41) is 0. The number of hydrogen-bond acceptors (Lipinski definition) is 5. The molecule has 19 heavy (non-hydrogen) atoms. The molecular formula is C14H21NO4. The Morgan fingerprint density at radius 2 is 2.05 bits per heavy atom. The van der Waals surface area contributed by atoms with Crippen molar-refractivity contribution in [3.63, 3.8) is 0 Å². The van der Waals surface area contributed by atoms with Gasteiger partial charge in [0, 0.05) is 12.3 Å². The van der Waals surface area contributed by atoms with Gasteiger partial charge in [-0.1, -0.05) is 13.3 Å². The molecule has 0 spiro atoms. The van der Waals surface area contributed by atoms with Crippen molar-refractivity contribution in [3.8, 4) is 5.75 Å². The lowest BCUT2D eigenvalue weighted by Gasteiger charge is -2.09. The van der Waals surface area contributed by atoms with E-state index in [9.17, 15) is 4.79 Å². The van der Waals surface area contributed by atoms with Gasteiger partial charge in [0.15, 0.2) is 0 Å². The SMILES string of the molecule is CCCCOCCOC(=O)c1cc(OC)ccc1N. The predicted octanol–water partition coefficient (Wildman–Crippen LogP) is 2.25. The van der Waals surface area contributed by atoms with Crippen molar-refractivity contribution in [1.82, 2.24) is 0 Å². The summed E-state index contributed by atoms with van der Waals surface area (Å²) >= 11 is 0. The molecule has 0 aliphatic rings. The number of unbranched alkanes of at least 4 members (excludes halogenated alkanes) is 1. The van der Waals surface area contributed by atoms with Crippen LogP contribution in [0.1, 0.15) is 30.1 Å².